The molecule has 0 aromatic heterocycles. The number of rotatable bonds is 5. The Morgan fingerprint density at radius 3 is 2.48 bits per heavy atom. The van der Waals surface area contributed by atoms with Crippen molar-refractivity contribution in [2.24, 2.45) is 0 Å². The summed E-state index contributed by atoms with van der Waals surface area (Å²) in [5, 5.41) is 6.05. The van der Waals surface area contributed by atoms with Gasteiger partial charge in [-0.3, -0.25) is 10.2 Å². The second-order valence-electron chi connectivity index (χ2n) is 5.64. The summed E-state index contributed by atoms with van der Waals surface area (Å²) < 4.78 is 18.9. The first-order chi connectivity index (χ1) is 11.0. The zero-order valence-corrected chi connectivity index (χ0v) is 15.3. The van der Waals surface area contributed by atoms with Gasteiger partial charge in [-0.05, 0) is 55.3 Å². The van der Waals surface area contributed by atoms with Crippen molar-refractivity contribution < 1.29 is 9.09 Å². The topological polar surface area (TPSA) is 50.4 Å². The van der Waals surface area contributed by atoms with Crippen LogP contribution in [-0.4, -0.2) is 5.75 Å². The molecule has 4 nitrogen and oxygen atoms in total. The molecule has 0 saturated heterocycles. The van der Waals surface area contributed by atoms with Crippen LogP contribution in [0.2, 0.25) is 0 Å². The SMILES string of the molecule is CCCSc1ccc2c(c1)NP(=O)(Oc1c(C)cccc1C)N2. The average Bonchev–Trinajstić information content (AvgIpc) is 2.84. The Kier molecular flexibility index (Phi) is 4.60. The number of benzene rings is 2. The van der Waals surface area contributed by atoms with Gasteiger partial charge in [0.05, 0.1) is 11.4 Å². The Morgan fingerprint density at radius 2 is 1.78 bits per heavy atom. The third kappa shape index (κ3) is 3.51. The largest absolute Gasteiger partial charge is 0.444 e. The van der Waals surface area contributed by atoms with Gasteiger partial charge in [0.25, 0.3) is 0 Å². The maximum Gasteiger partial charge on any atom is 0.444 e. The summed E-state index contributed by atoms with van der Waals surface area (Å²) in [6.45, 7) is 6.07. The van der Waals surface area contributed by atoms with E-state index in [2.05, 4.69) is 17.1 Å². The minimum atomic E-state index is -3.18. The lowest BCUT2D eigenvalue weighted by Crippen LogP contribution is -2.05. The highest BCUT2D eigenvalue weighted by atomic mass is 32.2. The third-order valence-corrected chi connectivity index (χ3v) is 6.34. The van der Waals surface area contributed by atoms with E-state index >= 15 is 0 Å². The highest BCUT2D eigenvalue weighted by molar-refractivity contribution is 7.99. The van der Waals surface area contributed by atoms with Gasteiger partial charge in [0, 0.05) is 4.90 Å². The van der Waals surface area contributed by atoms with E-state index in [0.29, 0.717) is 5.75 Å². The van der Waals surface area contributed by atoms with Crippen molar-refractivity contribution in [1.82, 2.24) is 0 Å². The van der Waals surface area contributed by atoms with Crippen molar-refractivity contribution in [3.63, 3.8) is 0 Å². The number of hydrogen-bond acceptors (Lipinski definition) is 3. The number of aryl methyl sites for hydroxylation is 2. The van der Waals surface area contributed by atoms with Crippen LogP contribution in [0.25, 0.3) is 0 Å². The molecule has 0 saturated carbocycles. The minimum absolute atomic E-state index is 0.671. The lowest BCUT2D eigenvalue weighted by molar-refractivity contribution is 0.490. The predicted molar refractivity (Wildman–Crippen MR) is 98.9 cm³/mol. The number of nitrogens with one attached hydrogen (secondary N) is 2. The minimum Gasteiger partial charge on any atom is -0.413 e. The molecule has 6 heteroatoms. The number of anilines is 2. The van der Waals surface area contributed by atoms with E-state index in [-0.39, 0.29) is 0 Å². The molecule has 0 bridgehead atoms. The smallest absolute Gasteiger partial charge is 0.413 e. The molecule has 1 unspecified atom stereocenters. The van der Waals surface area contributed by atoms with E-state index in [9.17, 15) is 4.57 Å². The van der Waals surface area contributed by atoms with Crippen LogP contribution in [-0.2, 0) is 4.57 Å². The molecule has 2 N–H and O–H groups in total. The van der Waals surface area contributed by atoms with Crippen molar-refractivity contribution in [1.29, 1.82) is 0 Å². The van der Waals surface area contributed by atoms with Crippen LogP contribution >= 0.6 is 19.4 Å². The maximum absolute atomic E-state index is 13.0. The predicted octanol–water partition coefficient (Wildman–Crippen LogP) is 5.83. The van der Waals surface area contributed by atoms with E-state index in [1.165, 1.54) is 4.90 Å². The van der Waals surface area contributed by atoms with Crippen LogP contribution in [0.4, 0.5) is 11.4 Å². The zero-order chi connectivity index (χ0) is 16.4. The Bertz CT molecular complexity index is 759. The van der Waals surface area contributed by atoms with Gasteiger partial charge in [-0.15, -0.1) is 11.8 Å². The summed E-state index contributed by atoms with van der Waals surface area (Å²) in [6.07, 6.45) is 1.13. The summed E-state index contributed by atoms with van der Waals surface area (Å²) in [5.74, 6) is 1.74. The van der Waals surface area contributed by atoms with Gasteiger partial charge in [-0.1, -0.05) is 25.1 Å². The number of thioether (sulfide) groups is 1. The first-order valence-electron chi connectivity index (χ1n) is 7.70. The van der Waals surface area contributed by atoms with Crippen LogP contribution in [0.15, 0.2) is 41.3 Å². The van der Waals surface area contributed by atoms with Crippen molar-refractivity contribution in [3.8, 4) is 5.75 Å². The van der Waals surface area contributed by atoms with Gasteiger partial charge in [0.2, 0.25) is 0 Å². The van der Waals surface area contributed by atoms with Crippen LogP contribution in [0, 0.1) is 13.8 Å². The molecule has 0 radical (unpaired) electrons. The first-order valence-corrected chi connectivity index (χ1v) is 10.3. The van der Waals surface area contributed by atoms with Crippen molar-refractivity contribution >= 4 is 30.8 Å². The van der Waals surface area contributed by atoms with E-state index in [0.717, 1.165) is 34.7 Å². The molecule has 3 rings (SSSR count). The monoisotopic (exact) mass is 348 g/mol. The van der Waals surface area contributed by atoms with Crippen molar-refractivity contribution in [3.05, 3.63) is 47.5 Å². The summed E-state index contributed by atoms with van der Waals surface area (Å²) in [4.78, 5) is 1.17. The fourth-order valence-corrected chi connectivity index (χ4v) is 5.00. The average molecular weight is 348 g/mol. The molecular weight excluding hydrogens is 327 g/mol. The Balaban J connectivity index is 1.81. The normalized spacial score (nSPS) is 18.9. The molecule has 122 valence electrons. The molecule has 0 spiro atoms. The number of hydrogen-bond donors (Lipinski definition) is 2. The van der Waals surface area contributed by atoms with Crippen molar-refractivity contribution in [2.45, 2.75) is 32.1 Å². The van der Waals surface area contributed by atoms with Crippen LogP contribution < -0.4 is 14.7 Å². The van der Waals surface area contributed by atoms with Crippen LogP contribution in [0.3, 0.4) is 0 Å². The number of fused-ring (bicyclic) bond motifs is 1. The zero-order valence-electron chi connectivity index (χ0n) is 13.6. The first kappa shape index (κ1) is 16.3. The van der Waals surface area contributed by atoms with E-state index in [1.807, 2.05) is 50.2 Å². The molecule has 1 heterocycles. The molecular formula is C17H21N2O2PS. The summed E-state index contributed by atoms with van der Waals surface area (Å²) >= 11 is 1.80. The van der Waals surface area contributed by atoms with Crippen LogP contribution in [0.5, 0.6) is 5.75 Å². The van der Waals surface area contributed by atoms with Gasteiger partial charge in [-0.2, -0.15) is 0 Å². The lowest BCUT2D eigenvalue weighted by atomic mass is 10.1. The van der Waals surface area contributed by atoms with Gasteiger partial charge < -0.3 is 4.52 Å². The summed E-state index contributed by atoms with van der Waals surface area (Å²) in [7, 11) is -3.18. The second kappa shape index (κ2) is 6.50. The van der Waals surface area contributed by atoms with E-state index in [4.69, 9.17) is 4.52 Å². The molecule has 0 aliphatic carbocycles. The molecule has 23 heavy (non-hydrogen) atoms. The molecule has 0 fully saturated rings. The summed E-state index contributed by atoms with van der Waals surface area (Å²) in [5.41, 5.74) is 3.60. The van der Waals surface area contributed by atoms with Gasteiger partial charge in [0.15, 0.2) is 0 Å². The maximum atomic E-state index is 13.0. The van der Waals surface area contributed by atoms with Gasteiger partial charge in [0.1, 0.15) is 5.75 Å². The van der Waals surface area contributed by atoms with E-state index in [1.54, 1.807) is 11.8 Å². The molecule has 1 aliphatic rings. The summed E-state index contributed by atoms with van der Waals surface area (Å²) in [6, 6.07) is 11.9. The quantitative estimate of drug-likeness (QED) is 0.526. The Hall–Kier alpha value is -1.58. The molecule has 0 amide bonds. The highest BCUT2D eigenvalue weighted by Crippen LogP contribution is 2.55. The highest BCUT2D eigenvalue weighted by Gasteiger charge is 2.34. The molecule has 2 aromatic carbocycles. The Morgan fingerprint density at radius 1 is 1.09 bits per heavy atom. The molecule has 2 aromatic rings. The Labute approximate surface area is 141 Å². The lowest BCUT2D eigenvalue weighted by Gasteiger charge is -2.17. The standard InChI is InChI=1S/C17H21N2O2PS/c1-4-10-23-14-8-9-15-16(11-14)19-22(20,18-15)21-17-12(2)6-5-7-13(17)3/h5-9,11H,4,10H2,1-3H3,(H2,18,19,20). The van der Waals surface area contributed by atoms with E-state index < -0.39 is 7.67 Å². The molecule has 1 aliphatic heterocycles. The second-order valence-corrected chi connectivity index (χ2v) is 8.54. The fraction of sp³-hybridized carbons (Fsp3) is 0.294. The fourth-order valence-electron chi connectivity index (χ4n) is 2.49. The van der Waals surface area contributed by atoms with Gasteiger partial charge >= 0.3 is 7.67 Å². The number of para-hydroxylation sites is 1. The molecule has 1 atom stereocenters. The van der Waals surface area contributed by atoms with Gasteiger partial charge in [-0.25, -0.2) is 4.57 Å². The van der Waals surface area contributed by atoms with Crippen LogP contribution in [0.1, 0.15) is 24.5 Å². The van der Waals surface area contributed by atoms with Crippen molar-refractivity contribution in [2.75, 3.05) is 15.9 Å². The third-order valence-electron chi connectivity index (χ3n) is 3.63.